The molecule has 0 aromatic carbocycles. The monoisotopic (exact) mass is 168 g/mol. The van der Waals surface area contributed by atoms with Crippen LogP contribution in [0.1, 0.15) is 27.7 Å². The van der Waals surface area contributed by atoms with E-state index in [1.165, 1.54) is 6.08 Å². The zero-order valence-electron chi connectivity index (χ0n) is 8.26. The van der Waals surface area contributed by atoms with Crippen molar-refractivity contribution in [3.63, 3.8) is 0 Å². The molecule has 0 N–H and O–H groups in total. The van der Waals surface area contributed by atoms with Gasteiger partial charge in [-0.25, -0.2) is 4.39 Å². The second-order valence-electron chi connectivity index (χ2n) is 3.16. The van der Waals surface area contributed by atoms with Crippen molar-refractivity contribution in [3.8, 4) is 0 Å². The summed E-state index contributed by atoms with van der Waals surface area (Å²) < 4.78 is 12.9. The van der Waals surface area contributed by atoms with E-state index in [0.29, 0.717) is 0 Å². The molecule has 0 bridgehead atoms. The van der Waals surface area contributed by atoms with Gasteiger partial charge in [0.1, 0.15) is 5.83 Å². The van der Waals surface area contributed by atoms with Crippen LogP contribution >= 0.6 is 0 Å². The Labute approximate surface area is 74.5 Å². The zero-order chi connectivity index (χ0) is 9.56. The van der Waals surface area contributed by atoms with Gasteiger partial charge < -0.3 is 0 Å². The molecule has 0 aliphatic heterocycles. The van der Waals surface area contributed by atoms with Crippen molar-refractivity contribution < 1.29 is 4.39 Å². The van der Waals surface area contributed by atoms with E-state index in [4.69, 9.17) is 0 Å². The van der Waals surface area contributed by atoms with Crippen molar-refractivity contribution in [3.05, 3.63) is 35.7 Å². The van der Waals surface area contributed by atoms with Crippen molar-refractivity contribution in [2.45, 2.75) is 27.7 Å². The minimum Gasteiger partial charge on any atom is -0.207 e. The van der Waals surface area contributed by atoms with Gasteiger partial charge in [-0.15, -0.1) is 0 Å². The fourth-order valence-electron chi connectivity index (χ4n) is 0.681. The molecule has 0 aromatic rings. The molecule has 0 aliphatic carbocycles. The molecule has 0 heterocycles. The van der Waals surface area contributed by atoms with Crippen molar-refractivity contribution in [2.24, 2.45) is 5.92 Å². The lowest BCUT2D eigenvalue weighted by Crippen LogP contribution is -1.79. The highest BCUT2D eigenvalue weighted by Gasteiger charge is 1.90. The van der Waals surface area contributed by atoms with Crippen LogP contribution in [0.2, 0.25) is 0 Å². The molecular weight excluding hydrogens is 151 g/mol. The molecule has 0 rings (SSSR count). The molecule has 0 atom stereocenters. The molecule has 0 unspecified atom stereocenters. The minimum absolute atomic E-state index is 0.161. The molecule has 0 aromatic heterocycles. The molecule has 1 heteroatoms. The van der Waals surface area contributed by atoms with Crippen LogP contribution < -0.4 is 0 Å². The van der Waals surface area contributed by atoms with Crippen molar-refractivity contribution in [2.75, 3.05) is 0 Å². The summed E-state index contributed by atoms with van der Waals surface area (Å²) >= 11 is 0. The molecule has 0 fully saturated rings. The first-order valence-electron chi connectivity index (χ1n) is 4.24. The lowest BCUT2D eigenvalue weighted by Gasteiger charge is -1.93. The Kier molecular flexibility index (Phi) is 5.35. The van der Waals surface area contributed by atoms with Crippen LogP contribution in [0.3, 0.4) is 0 Å². The minimum atomic E-state index is -0.161. The van der Waals surface area contributed by atoms with Crippen LogP contribution in [0.25, 0.3) is 0 Å². The quantitative estimate of drug-likeness (QED) is 0.558. The maximum Gasteiger partial charge on any atom is 0.119 e. The van der Waals surface area contributed by atoms with Gasteiger partial charge in [0.15, 0.2) is 0 Å². The third kappa shape index (κ3) is 5.90. The second kappa shape index (κ2) is 5.76. The van der Waals surface area contributed by atoms with Gasteiger partial charge in [-0.05, 0) is 31.9 Å². The average molecular weight is 168 g/mol. The summed E-state index contributed by atoms with van der Waals surface area (Å²) in [4.78, 5) is 0. The van der Waals surface area contributed by atoms with Gasteiger partial charge in [0.05, 0.1) is 0 Å². The molecule has 0 aliphatic rings. The maximum absolute atomic E-state index is 12.9. The fourth-order valence-corrected chi connectivity index (χ4v) is 0.681. The first-order valence-corrected chi connectivity index (χ1v) is 4.24. The number of hydrogen-bond acceptors (Lipinski definition) is 0. The summed E-state index contributed by atoms with van der Waals surface area (Å²) in [5.41, 5.74) is 1.07. The molecule has 12 heavy (non-hydrogen) atoms. The van der Waals surface area contributed by atoms with E-state index in [1.807, 2.05) is 33.8 Å². The van der Waals surface area contributed by atoms with E-state index < -0.39 is 0 Å². The Hall–Kier alpha value is -0.850. The van der Waals surface area contributed by atoms with Gasteiger partial charge in [0.25, 0.3) is 0 Å². The van der Waals surface area contributed by atoms with Crippen molar-refractivity contribution >= 4 is 0 Å². The van der Waals surface area contributed by atoms with Gasteiger partial charge in [-0.1, -0.05) is 31.6 Å². The van der Waals surface area contributed by atoms with E-state index in [9.17, 15) is 4.39 Å². The Balaban J connectivity index is 4.17. The maximum atomic E-state index is 12.9. The van der Waals surface area contributed by atoms with Crippen LogP contribution in [0, 0.1) is 5.92 Å². The van der Waals surface area contributed by atoms with Crippen LogP contribution in [0.5, 0.6) is 0 Å². The third-order valence-electron chi connectivity index (χ3n) is 1.45. The molecule has 68 valence electrons. The summed E-state index contributed by atoms with van der Waals surface area (Å²) in [6, 6.07) is 0. The van der Waals surface area contributed by atoms with E-state index in [-0.39, 0.29) is 11.7 Å². The summed E-state index contributed by atoms with van der Waals surface area (Å²) in [6.07, 6.45) is 6.81. The van der Waals surface area contributed by atoms with Crippen LogP contribution in [0.15, 0.2) is 35.7 Å². The predicted octanol–water partition coefficient (Wildman–Crippen LogP) is 4.02. The second-order valence-corrected chi connectivity index (χ2v) is 3.16. The highest BCUT2D eigenvalue weighted by atomic mass is 19.1. The highest BCUT2D eigenvalue weighted by molar-refractivity contribution is 5.22. The summed E-state index contributed by atoms with van der Waals surface area (Å²) in [5.74, 6) is 0.103. The Morgan fingerprint density at radius 2 is 1.83 bits per heavy atom. The molecular formula is C11H17F. The number of hydrogen-bond donors (Lipinski definition) is 0. The number of rotatable bonds is 3. The Bertz CT molecular complexity index is 207. The normalized spacial score (nSPS) is 14.8. The van der Waals surface area contributed by atoms with E-state index in [2.05, 4.69) is 0 Å². The van der Waals surface area contributed by atoms with Gasteiger partial charge in [-0.3, -0.25) is 0 Å². The van der Waals surface area contributed by atoms with Gasteiger partial charge in [-0.2, -0.15) is 0 Å². The molecule has 0 saturated carbocycles. The molecule has 0 nitrogen and oxygen atoms in total. The first-order chi connectivity index (χ1) is 5.56. The molecule has 0 saturated heterocycles. The first kappa shape index (κ1) is 11.2. The summed E-state index contributed by atoms with van der Waals surface area (Å²) in [7, 11) is 0. The van der Waals surface area contributed by atoms with Gasteiger partial charge in [0, 0.05) is 0 Å². The van der Waals surface area contributed by atoms with E-state index in [0.717, 1.165) is 5.57 Å². The van der Waals surface area contributed by atoms with Crippen LogP contribution in [0.4, 0.5) is 4.39 Å². The largest absolute Gasteiger partial charge is 0.207 e. The molecule has 0 radical (unpaired) electrons. The fraction of sp³-hybridized carbons (Fsp3) is 0.455. The molecule has 0 spiro atoms. The highest BCUT2D eigenvalue weighted by Crippen LogP contribution is 2.06. The zero-order valence-corrected chi connectivity index (χ0v) is 8.26. The van der Waals surface area contributed by atoms with Gasteiger partial charge in [0.2, 0.25) is 0 Å². The van der Waals surface area contributed by atoms with Crippen molar-refractivity contribution in [1.29, 1.82) is 0 Å². The van der Waals surface area contributed by atoms with Crippen LogP contribution in [-0.4, -0.2) is 0 Å². The van der Waals surface area contributed by atoms with E-state index >= 15 is 0 Å². The predicted molar refractivity (Wildman–Crippen MR) is 52.6 cm³/mol. The summed E-state index contributed by atoms with van der Waals surface area (Å²) in [5, 5.41) is 0. The van der Waals surface area contributed by atoms with Crippen molar-refractivity contribution in [1.82, 2.24) is 0 Å². The average Bonchev–Trinajstić information content (AvgIpc) is 1.99. The van der Waals surface area contributed by atoms with E-state index in [1.54, 1.807) is 12.2 Å². The third-order valence-corrected chi connectivity index (χ3v) is 1.45. The topological polar surface area (TPSA) is 0 Å². The lowest BCUT2D eigenvalue weighted by atomic mass is 10.2. The Morgan fingerprint density at radius 3 is 2.25 bits per heavy atom. The number of allylic oxidation sites excluding steroid dienone is 6. The lowest BCUT2D eigenvalue weighted by molar-refractivity contribution is 0.644. The van der Waals surface area contributed by atoms with Crippen LogP contribution in [-0.2, 0) is 0 Å². The molecule has 0 amide bonds. The summed E-state index contributed by atoms with van der Waals surface area (Å²) in [6.45, 7) is 7.79. The van der Waals surface area contributed by atoms with Gasteiger partial charge >= 0.3 is 0 Å². The smallest absolute Gasteiger partial charge is 0.119 e. The number of halogens is 1. The SMILES string of the molecule is C\C=C(C)/C=C\C(F)=C\C(C)C. The Morgan fingerprint density at radius 1 is 1.25 bits per heavy atom. The standard InChI is InChI=1S/C11H17F/c1-5-10(4)6-7-11(12)8-9(2)3/h5-9H,1-4H3/b7-6-,10-5-,11-8-.